The summed E-state index contributed by atoms with van der Waals surface area (Å²) in [6, 6.07) is 22.5. The van der Waals surface area contributed by atoms with Crippen molar-refractivity contribution < 1.29 is 0 Å². The molecule has 2 aliphatic carbocycles. The molecule has 2 N–H and O–H groups in total. The maximum absolute atomic E-state index is 3.88. The van der Waals surface area contributed by atoms with E-state index < -0.39 is 0 Å². The van der Waals surface area contributed by atoms with E-state index in [1.807, 2.05) is 0 Å². The number of rotatable bonds is 8. The van der Waals surface area contributed by atoms with Crippen LogP contribution < -0.4 is 10.6 Å². The van der Waals surface area contributed by atoms with Crippen LogP contribution in [0.5, 0.6) is 0 Å². The van der Waals surface area contributed by atoms with Crippen LogP contribution in [-0.2, 0) is 0 Å². The van der Waals surface area contributed by atoms with E-state index in [0.717, 1.165) is 25.6 Å². The first kappa shape index (κ1) is 19.7. The van der Waals surface area contributed by atoms with Crippen molar-refractivity contribution in [1.29, 1.82) is 0 Å². The van der Waals surface area contributed by atoms with Crippen LogP contribution in [0.15, 0.2) is 60.7 Å². The molecule has 3 unspecified atom stereocenters. The van der Waals surface area contributed by atoms with Gasteiger partial charge in [0.2, 0.25) is 0 Å². The molecule has 0 heterocycles. The zero-order valence-corrected chi connectivity index (χ0v) is 17.7. The molecule has 2 aromatic rings. The van der Waals surface area contributed by atoms with Crippen LogP contribution in [0.3, 0.4) is 0 Å². The highest BCUT2D eigenvalue weighted by Gasteiger charge is 2.60. The van der Waals surface area contributed by atoms with E-state index in [0.29, 0.717) is 22.8 Å². The van der Waals surface area contributed by atoms with Crippen molar-refractivity contribution in [3.05, 3.63) is 71.8 Å². The number of hydrogen-bond acceptors (Lipinski definition) is 2. The van der Waals surface area contributed by atoms with Crippen LogP contribution in [0.4, 0.5) is 0 Å². The third-order valence-corrected chi connectivity index (χ3v) is 8.11. The molecular weight excluding hydrogens is 340 g/mol. The van der Waals surface area contributed by atoms with Gasteiger partial charge in [-0.25, -0.2) is 0 Å². The summed E-state index contributed by atoms with van der Waals surface area (Å²) in [5.41, 5.74) is 3.80. The lowest BCUT2D eigenvalue weighted by Gasteiger charge is -2.33. The fourth-order valence-corrected chi connectivity index (χ4v) is 5.91. The first-order chi connectivity index (χ1) is 13.5. The topological polar surface area (TPSA) is 24.1 Å². The largest absolute Gasteiger partial charge is 0.315 e. The van der Waals surface area contributed by atoms with Crippen LogP contribution >= 0.6 is 0 Å². The zero-order chi connectivity index (χ0) is 19.6. The highest BCUT2D eigenvalue weighted by Crippen LogP contribution is 2.65. The molecule has 2 aliphatic rings. The van der Waals surface area contributed by atoms with Gasteiger partial charge in [-0.2, -0.15) is 0 Å². The molecule has 150 valence electrons. The van der Waals surface area contributed by atoms with Crippen molar-refractivity contribution in [2.45, 2.75) is 52.0 Å². The molecule has 2 heteroatoms. The van der Waals surface area contributed by atoms with Gasteiger partial charge in [0.25, 0.3) is 0 Å². The van der Waals surface area contributed by atoms with Gasteiger partial charge in [-0.1, -0.05) is 81.4 Å². The molecule has 0 spiro atoms. The second-order valence-corrected chi connectivity index (χ2v) is 9.77. The number of fused-ring (bicyclic) bond motifs is 2. The molecule has 0 amide bonds. The second-order valence-electron chi connectivity index (χ2n) is 9.77. The van der Waals surface area contributed by atoms with Crippen LogP contribution in [0.2, 0.25) is 0 Å². The summed E-state index contributed by atoms with van der Waals surface area (Å²) in [5, 5.41) is 7.60. The second kappa shape index (κ2) is 8.00. The first-order valence-corrected chi connectivity index (χ1v) is 11.1. The van der Waals surface area contributed by atoms with Crippen LogP contribution in [0.25, 0.3) is 0 Å². The molecule has 2 nitrogen and oxygen atoms in total. The summed E-state index contributed by atoms with van der Waals surface area (Å²) in [5.74, 6) is 1.25. The molecule has 0 aromatic heterocycles. The summed E-state index contributed by atoms with van der Waals surface area (Å²) >= 11 is 0. The van der Waals surface area contributed by atoms with E-state index in [1.54, 1.807) is 0 Å². The average molecular weight is 377 g/mol. The molecular formula is C26H36N2. The van der Waals surface area contributed by atoms with Gasteiger partial charge in [0, 0.05) is 31.6 Å². The Kier molecular flexibility index (Phi) is 5.62. The maximum atomic E-state index is 3.88. The number of nitrogens with one attached hydrogen (secondary N) is 2. The Hall–Kier alpha value is -1.64. The van der Waals surface area contributed by atoms with Crippen molar-refractivity contribution in [3.63, 3.8) is 0 Å². The van der Waals surface area contributed by atoms with Crippen LogP contribution in [0.1, 0.15) is 57.1 Å². The Morgan fingerprint density at radius 3 is 2.00 bits per heavy atom. The maximum Gasteiger partial charge on any atom is 0.0214 e. The van der Waals surface area contributed by atoms with Gasteiger partial charge < -0.3 is 10.6 Å². The monoisotopic (exact) mass is 376 g/mol. The van der Waals surface area contributed by atoms with Gasteiger partial charge >= 0.3 is 0 Å². The minimum atomic E-state index is 0.405. The fourth-order valence-electron chi connectivity index (χ4n) is 5.91. The summed E-state index contributed by atoms with van der Waals surface area (Å²) in [4.78, 5) is 0. The molecule has 2 bridgehead atoms. The summed E-state index contributed by atoms with van der Waals surface area (Å²) in [7, 11) is 0. The molecule has 28 heavy (non-hydrogen) atoms. The van der Waals surface area contributed by atoms with Gasteiger partial charge in [0.05, 0.1) is 0 Å². The van der Waals surface area contributed by atoms with Crippen molar-refractivity contribution >= 4 is 0 Å². The quantitative estimate of drug-likeness (QED) is 0.618. The zero-order valence-electron chi connectivity index (χ0n) is 17.7. The molecule has 2 aromatic carbocycles. The molecule has 4 rings (SSSR count). The molecule has 0 radical (unpaired) electrons. The van der Waals surface area contributed by atoms with E-state index in [4.69, 9.17) is 0 Å². The normalized spacial score (nSPS) is 28.1. The van der Waals surface area contributed by atoms with E-state index in [2.05, 4.69) is 92.1 Å². The number of benzene rings is 2. The third kappa shape index (κ3) is 3.65. The van der Waals surface area contributed by atoms with E-state index >= 15 is 0 Å². The average Bonchev–Trinajstić information content (AvgIpc) is 3.05. The van der Waals surface area contributed by atoms with Crippen molar-refractivity contribution in [1.82, 2.24) is 10.6 Å². The van der Waals surface area contributed by atoms with Crippen LogP contribution in [0, 0.1) is 16.7 Å². The van der Waals surface area contributed by atoms with Crippen LogP contribution in [-0.4, -0.2) is 25.7 Å². The fraction of sp³-hybridized carbons (Fsp3) is 0.538. The van der Waals surface area contributed by atoms with Crippen molar-refractivity contribution in [2.24, 2.45) is 16.7 Å². The van der Waals surface area contributed by atoms with E-state index in [1.165, 1.54) is 30.4 Å². The number of hydrogen-bond donors (Lipinski definition) is 2. The van der Waals surface area contributed by atoms with Gasteiger partial charge in [-0.05, 0) is 47.1 Å². The molecule has 0 saturated heterocycles. The third-order valence-electron chi connectivity index (χ3n) is 8.11. The highest BCUT2D eigenvalue weighted by molar-refractivity contribution is 5.32. The lowest BCUT2D eigenvalue weighted by atomic mass is 9.71. The standard InChI is InChI=1S/C26H36N2/c1-25(2)23-14-15-26(25,3)18-24(23)28-17-16-27-19-22(20-10-6-4-7-11-20)21-12-8-5-9-13-21/h4-13,22-24,27-28H,14-19H2,1-3H3. The SMILES string of the molecule is CC12CCC(C(NCCNCC(c3ccccc3)c3ccccc3)C1)C2(C)C. The van der Waals surface area contributed by atoms with E-state index in [9.17, 15) is 0 Å². The van der Waals surface area contributed by atoms with Gasteiger partial charge in [0.1, 0.15) is 0 Å². The predicted molar refractivity (Wildman–Crippen MR) is 119 cm³/mol. The Morgan fingerprint density at radius 1 is 0.893 bits per heavy atom. The Balaban J connectivity index is 1.29. The van der Waals surface area contributed by atoms with E-state index in [-0.39, 0.29) is 0 Å². The van der Waals surface area contributed by atoms with Crippen molar-refractivity contribution in [3.8, 4) is 0 Å². The van der Waals surface area contributed by atoms with Gasteiger partial charge in [-0.15, -0.1) is 0 Å². The first-order valence-electron chi connectivity index (χ1n) is 11.1. The summed E-state index contributed by atoms with van der Waals surface area (Å²) < 4.78 is 0. The summed E-state index contributed by atoms with van der Waals surface area (Å²) in [6.07, 6.45) is 4.16. The minimum Gasteiger partial charge on any atom is -0.315 e. The Labute approximate surface area is 171 Å². The summed E-state index contributed by atoms with van der Waals surface area (Å²) in [6.45, 7) is 10.6. The van der Waals surface area contributed by atoms with Crippen molar-refractivity contribution in [2.75, 3.05) is 19.6 Å². The predicted octanol–water partition coefficient (Wildman–Crippen LogP) is 5.21. The lowest BCUT2D eigenvalue weighted by molar-refractivity contribution is 0.152. The minimum absolute atomic E-state index is 0.405. The Morgan fingerprint density at radius 2 is 1.50 bits per heavy atom. The highest BCUT2D eigenvalue weighted by atomic mass is 15.0. The molecule has 0 aliphatic heterocycles. The van der Waals surface area contributed by atoms with Gasteiger partial charge in [0.15, 0.2) is 0 Å². The molecule has 3 atom stereocenters. The molecule has 2 saturated carbocycles. The molecule has 2 fully saturated rings. The van der Waals surface area contributed by atoms with Gasteiger partial charge in [-0.3, -0.25) is 0 Å². The Bertz CT molecular complexity index is 712. The smallest absolute Gasteiger partial charge is 0.0214 e. The lowest BCUT2D eigenvalue weighted by Crippen LogP contribution is -2.40.